The van der Waals surface area contributed by atoms with Crippen LogP contribution in [0.3, 0.4) is 0 Å². The van der Waals surface area contributed by atoms with Gasteiger partial charge in [0.05, 0.1) is 12.1 Å². The van der Waals surface area contributed by atoms with Crippen LogP contribution < -0.4 is 0 Å². The molecular weight excluding hydrogens is 186 g/mol. The zero-order valence-electron chi connectivity index (χ0n) is 9.10. The summed E-state index contributed by atoms with van der Waals surface area (Å²) in [4.78, 5) is 5.89. The number of hydroxylamine groups is 2. The number of hydrogen-bond donors (Lipinski definition) is 0. The number of benzene rings is 1. The fourth-order valence-electron chi connectivity index (χ4n) is 3.10. The molecule has 0 spiro atoms. The minimum atomic E-state index is 0.471. The molecule has 2 fully saturated rings. The Kier molecular flexibility index (Phi) is 2.26. The largest absolute Gasteiger partial charge is 0.295 e. The second-order valence-electron chi connectivity index (χ2n) is 4.64. The summed E-state index contributed by atoms with van der Waals surface area (Å²) in [7, 11) is 2.07. The van der Waals surface area contributed by atoms with Gasteiger partial charge >= 0.3 is 0 Å². The lowest BCUT2D eigenvalue weighted by molar-refractivity contribution is -0.144. The highest BCUT2D eigenvalue weighted by molar-refractivity contribution is 5.21. The van der Waals surface area contributed by atoms with Gasteiger partial charge < -0.3 is 0 Å². The molecule has 1 aromatic rings. The second-order valence-corrected chi connectivity index (χ2v) is 4.64. The summed E-state index contributed by atoms with van der Waals surface area (Å²) in [6, 6.07) is 11.2. The maximum atomic E-state index is 5.89. The monoisotopic (exact) mass is 203 g/mol. The summed E-state index contributed by atoms with van der Waals surface area (Å²) < 4.78 is 0. The quantitative estimate of drug-likeness (QED) is 0.696. The van der Waals surface area contributed by atoms with Gasteiger partial charge in [0.2, 0.25) is 0 Å². The first-order valence-electron chi connectivity index (χ1n) is 5.81. The molecule has 0 bridgehead atoms. The minimum absolute atomic E-state index is 0.471. The van der Waals surface area contributed by atoms with Crippen LogP contribution in [0.4, 0.5) is 0 Å². The number of nitrogens with zero attached hydrogens (tertiary/aromatic N) is 1. The van der Waals surface area contributed by atoms with Gasteiger partial charge in [-0.3, -0.25) is 4.84 Å². The van der Waals surface area contributed by atoms with Crippen molar-refractivity contribution in [1.82, 2.24) is 5.06 Å². The van der Waals surface area contributed by atoms with Crippen LogP contribution in [0.15, 0.2) is 30.3 Å². The SMILES string of the molecule is CN1O[C@H]2CCC[C@H]2[C@@H]1c1ccccc1. The summed E-state index contributed by atoms with van der Waals surface area (Å²) >= 11 is 0. The van der Waals surface area contributed by atoms with E-state index in [9.17, 15) is 0 Å². The van der Waals surface area contributed by atoms with Gasteiger partial charge in [-0.1, -0.05) is 36.8 Å². The van der Waals surface area contributed by atoms with E-state index >= 15 is 0 Å². The molecule has 80 valence electrons. The number of rotatable bonds is 1. The molecule has 1 saturated heterocycles. The Morgan fingerprint density at radius 1 is 1.20 bits per heavy atom. The third kappa shape index (κ3) is 1.48. The summed E-state index contributed by atoms with van der Waals surface area (Å²) in [6.07, 6.45) is 4.35. The molecule has 1 aliphatic heterocycles. The van der Waals surface area contributed by atoms with Gasteiger partial charge in [-0.25, -0.2) is 0 Å². The Morgan fingerprint density at radius 3 is 2.80 bits per heavy atom. The lowest BCUT2D eigenvalue weighted by Crippen LogP contribution is -2.19. The van der Waals surface area contributed by atoms with Crippen molar-refractivity contribution in [1.29, 1.82) is 0 Å². The van der Waals surface area contributed by atoms with E-state index < -0.39 is 0 Å². The summed E-state index contributed by atoms with van der Waals surface area (Å²) in [5, 5.41) is 2.06. The Bertz CT molecular complexity index is 338. The van der Waals surface area contributed by atoms with E-state index in [-0.39, 0.29) is 0 Å². The van der Waals surface area contributed by atoms with E-state index in [0.29, 0.717) is 18.1 Å². The molecule has 1 saturated carbocycles. The van der Waals surface area contributed by atoms with Gasteiger partial charge in [-0.05, 0) is 18.4 Å². The van der Waals surface area contributed by atoms with E-state index in [4.69, 9.17) is 4.84 Å². The predicted octanol–water partition coefficient (Wildman–Crippen LogP) is 2.77. The maximum Gasteiger partial charge on any atom is 0.0840 e. The molecule has 0 radical (unpaired) electrons. The smallest absolute Gasteiger partial charge is 0.0840 e. The average Bonchev–Trinajstić information content (AvgIpc) is 2.78. The van der Waals surface area contributed by atoms with Crippen molar-refractivity contribution in [3.8, 4) is 0 Å². The number of hydrogen-bond acceptors (Lipinski definition) is 2. The van der Waals surface area contributed by atoms with E-state index in [1.54, 1.807) is 0 Å². The second kappa shape index (κ2) is 3.62. The van der Waals surface area contributed by atoms with Crippen LogP contribution in [-0.4, -0.2) is 18.2 Å². The van der Waals surface area contributed by atoms with Crippen molar-refractivity contribution in [2.75, 3.05) is 7.05 Å². The fraction of sp³-hybridized carbons (Fsp3) is 0.538. The van der Waals surface area contributed by atoms with E-state index in [1.165, 1.54) is 24.8 Å². The average molecular weight is 203 g/mol. The Balaban J connectivity index is 1.91. The van der Waals surface area contributed by atoms with Gasteiger partial charge in [0.25, 0.3) is 0 Å². The molecule has 2 aliphatic rings. The molecule has 0 aromatic heterocycles. The van der Waals surface area contributed by atoms with Crippen LogP contribution in [-0.2, 0) is 4.84 Å². The molecule has 15 heavy (non-hydrogen) atoms. The third-order valence-corrected chi connectivity index (χ3v) is 3.74. The van der Waals surface area contributed by atoms with E-state index in [2.05, 4.69) is 42.4 Å². The molecule has 2 heteroatoms. The summed E-state index contributed by atoms with van der Waals surface area (Å²) in [5.74, 6) is 0.706. The van der Waals surface area contributed by atoms with Gasteiger partial charge in [-0.2, -0.15) is 5.06 Å². The van der Waals surface area contributed by atoms with E-state index in [0.717, 1.165) is 0 Å². The maximum absolute atomic E-state index is 5.89. The molecule has 0 amide bonds. The minimum Gasteiger partial charge on any atom is -0.295 e. The highest BCUT2D eigenvalue weighted by atomic mass is 16.7. The van der Waals surface area contributed by atoms with E-state index in [1.807, 2.05) is 0 Å². The zero-order chi connectivity index (χ0) is 10.3. The first-order valence-corrected chi connectivity index (χ1v) is 5.81. The van der Waals surface area contributed by atoms with Crippen LogP contribution in [0.25, 0.3) is 0 Å². The van der Waals surface area contributed by atoms with Crippen molar-refractivity contribution in [3.05, 3.63) is 35.9 Å². The van der Waals surface area contributed by atoms with Crippen molar-refractivity contribution >= 4 is 0 Å². The molecule has 1 aromatic carbocycles. The van der Waals surface area contributed by atoms with Crippen LogP contribution in [0.5, 0.6) is 0 Å². The van der Waals surface area contributed by atoms with Crippen molar-refractivity contribution in [2.45, 2.75) is 31.4 Å². The topological polar surface area (TPSA) is 12.5 Å². The highest BCUT2D eigenvalue weighted by Crippen LogP contribution is 2.46. The molecule has 3 rings (SSSR count). The Hall–Kier alpha value is -0.860. The molecule has 1 heterocycles. The first-order chi connectivity index (χ1) is 7.36. The van der Waals surface area contributed by atoms with Gasteiger partial charge in [-0.15, -0.1) is 0 Å². The standard InChI is InChI=1S/C13H17NO/c1-14-13(10-6-3-2-4-7-10)11-8-5-9-12(11)15-14/h2-4,6-7,11-13H,5,8-9H2,1H3/t11-,12+,13+/m1/s1. The first kappa shape index (κ1) is 9.37. The van der Waals surface area contributed by atoms with Crippen molar-refractivity contribution in [2.24, 2.45) is 5.92 Å². The Labute approximate surface area is 90.8 Å². The number of fused-ring (bicyclic) bond motifs is 1. The fourth-order valence-corrected chi connectivity index (χ4v) is 3.10. The van der Waals surface area contributed by atoms with Crippen LogP contribution in [0.1, 0.15) is 30.9 Å². The molecule has 1 aliphatic carbocycles. The van der Waals surface area contributed by atoms with Crippen LogP contribution in [0.2, 0.25) is 0 Å². The van der Waals surface area contributed by atoms with Crippen molar-refractivity contribution < 1.29 is 4.84 Å². The predicted molar refractivity (Wildman–Crippen MR) is 59.2 cm³/mol. The molecule has 3 atom stereocenters. The molecule has 0 unspecified atom stereocenters. The van der Waals surface area contributed by atoms with Gasteiger partial charge in [0, 0.05) is 13.0 Å². The third-order valence-electron chi connectivity index (χ3n) is 3.74. The molecule has 2 nitrogen and oxygen atoms in total. The van der Waals surface area contributed by atoms with Crippen molar-refractivity contribution in [3.63, 3.8) is 0 Å². The Morgan fingerprint density at radius 2 is 2.00 bits per heavy atom. The van der Waals surface area contributed by atoms with Gasteiger partial charge in [0.15, 0.2) is 0 Å². The molecular formula is C13H17NO. The van der Waals surface area contributed by atoms with Crippen LogP contribution >= 0.6 is 0 Å². The van der Waals surface area contributed by atoms with Crippen LogP contribution in [0, 0.1) is 5.92 Å². The lowest BCUT2D eigenvalue weighted by Gasteiger charge is -2.21. The lowest BCUT2D eigenvalue weighted by atomic mass is 9.91. The summed E-state index contributed by atoms with van der Waals surface area (Å²) in [6.45, 7) is 0. The van der Waals surface area contributed by atoms with Gasteiger partial charge in [0.1, 0.15) is 0 Å². The highest BCUT2D eigenvalue weighted by Gasteiger charge is 2.44. The summed E-state index contributed by atoms with van der Waals surface area (Å²) in [5.41, 5.74) is 1.40. The zero-order valence-corrected chi connectivity index (χ0v) is 9.10. The molecule has 0 N–H and O–H groups in total. The normalized spacial score (nSPS) is 35.7.